The lowest BCUT2D eigenvalue weighted by atomic mass is 10.1. The number of carbonyl (C=O) groups is 4. The lowest BCUT2D eigenvalue weighted by molar-refractivity contribution is -0.171. The topological polar surface area (TPSA) is 122 Å². The van der Waals surface area contributed by atoms with Crippen molar-refractivity contribution in [2.24, 2.45) is 5.73 Å². The van der Waals surface area contributed by atoms with Crippen molar-refractivity contribution in [3.8, 4) is 0 Å². The first kappa shape index (κ1) is 18.4. The van der Waals surface area contributed by atoms with Gasteiger partial charge in [0.15, 0.2) is 0 Å². The van der Waals surface area contributed by atoms with Crippen LogP contribution in [0.25, 0.3) is 0 Å². The van der Waals surface area contributed by atoms with E-state index in [1.54, 1.807) is 0 Å². The van der Waals surface area contributed by atoms with Crippen molar-refractivity contribution in [2.45, 2.75) is 25.3 Å². The number of hydrogen-bond acceptors (Lipinski definition) is 6. The molecule has 0 aliphatic carbocycles. The Bertz CT molecular complexity index is 648. The summed E-state index contributed by atoms with van der Waals surface area (Å²) in [6, 6.07) is 8.56. The van der Waals surface area contributed by atoms with Crippen molar-refractivity contribution in [1.29, 1.82) is 0 Å². The molecule has 25 heavy (non-hydrogen) atoms. The van der Waals surface area contributed by atoms with Crippen molar-refractivity contribution in [2.75, 3.05) is 13.7 Å². The smallest absolute Gasteiger partial charge is 0.327 e. The van der Waals surface area contributed by atoms with E-state index in [0.717, 1.165) is 5.56 Å². The van der Waals surface area contributed by atoms with Crippen molar-refractivity contribution < 1.29 is 24.0 Å². The molecule has 9 nitrogen and oxygen atoms in total. The van der Waals surface area contributed by atoms with Gasteiger partial charge in [-0.05, 0) is 12.0 Å². The molecule has 1 aliphatic rings. The third kappa shape index (κ3) is 5.01. The summed E-state index contributed by atoms with van der Waals surface area (Å²) in [5, 5.41) is 2.72. The zero-order valence-corrected chi connectivity index (χ0v) is 13.8. The molecule has 1 heterocycles. The fraction of sp³-hybridized carbons (Fsp3) is 0.375. The molecule has 2 rings (SSSR count). The van der Waals surface area contributed by atoms with Crippen LogP contribution in [0.2, 0.25) is 0 Å². The van der Waals surface area contributed by atoms with Crippen LogP contribution in [0.3, 0.4) is 0 Å². The Morgan fingerprint density at radius 3 is 2.44 bits per heavy atom. The van der Waals surface area contributed by atoms with E-state index in [1.165, 1.54) is 11.9 Å². The van der Waals surface area contributed by atoms with Gasteiger partial charge in [-0.1, -0.05) is 30.3 Å². The summed E-state index contributed by atoms with van der Waals surface area (Å²) in [5.41, 5.74) is 6.82. The Kier molecular flexibility index (Phi) is 6.07. The van der Waals surface area contributed by atoms with E-state index >= 15 is 0 Å². The standard InChI is InChI=1S/C16H20N4O5/c1-19(15(23)12(17)9-11-5-3-2-4-6-11)10-18-16(24)25-20-13(21)7-8-14(20)22/h2-6,12H,7-10,17H2,1H3,(H,18,24). The van der Waals surface area contributed by atoms with Crippen LogP contribution >= 0.6 is 0 Å². The maximum atomic E-state index is 12.2. The third-order valence-corrected chi connectivity index (χ3v) is 3.63. The minimum atomic E-state index is -1.00. The Morgan fingerprint density at radius 1 is 1.24 bits per heavy atom. The molecule has 0 aromatic heterocycles. The van der Waals surface area contributed by atoms with Crippen LogP contribution in [0, 0.1) is 0 Å². The molecule has 134 valence electrons. The Balaban J connectivity index is 1.77. The zero-order valence-electron chi connectivity index (χ0n) is 13.8. The van der Waals surface area contributed by atoms with E-state index in [0.29, 0.717) is 11.5 Å². The number of imide groups is 1. The van der Waals surface area contributed by atoms with Gasteiger partial charge in [-0.2, -0.15) is 0 Å². The van der Waals surface area contributed by atoms with E-state index < -0.39 is 23.9 Å². The molecular formula is C16H20N4O5. The van der Waals surface area contributed by atoms with Crippen LogP contribution in [0.15, 0.2) is 30.3 Å². The largest absolute Gasteiger partial charge is 0.433 e. The van der Waals surface area contributed by atoms with Gasteiger partial charge in [-0.15, -0.1) is 5.06 Å². The zero-order chi connectivity index (χ0) is 18.4. The van der Waals surface area contributed by atoms with Gasteiger partial charge in [0, 0.05) is 19.9 Å². The number of likely N-dealkylation sites (N-methyl/N-ethyl adjacent to an activating group) is 1. The Hall–Kier alpha value is -2.94. The van der Waals surface area contributed by atoms with Gasteiger partial charge in [0.1, 0.15) is 0 Å². The lowest BCUT2D eigenvalue weighted by Gasteiger charge is -2.22. The monoisotopic (exact) mass is 348 g/mol. The quantitative estimate of drug-likeness (QED) is 0.540. The first-order valence-corrected chi connectivity index (χ1v) is 7.74. The van der Waals surface area contributed by atoms with Crippen LogP contribution in [-0.2, 0) is 25.6 Å². The van der Waals surface area contributed by atoms with E-state index in [1.807, 2.05) is 30.3 Å². The first-order valence-electron chi connectivity index (χ1n) is 7.74. The second kappa shape index (κ2) is 8.25. The highest BCUT2D eigenvalue weighted by Gasteiger charge is 2.33. The number of rotatable bonds is 6. The SMILES string of the molecule is CN(CNC(=O)ON1C(=O)CCC1=O)C(=O)C(N)Cc1ccccc1. The highest BCUT2D eigenvalue weighted by molar-refractivity contribution is 6.01. The summed E-state index contributed by atoms with van der Waals surface area (Å²) in [6.45, 7) is -0.170. The highest BCUT2D eigenvalue weighted by atomic mass is 16.7. The Morgan fingerprint density at radius 2 is 1.84 bits per heavy atom. The van der Waals surface area contributed by atoms with Gasteiger partial charge >= 0.3 is 6.09 Å². The molecule has 1 aliphatic heterocycles. The number of nitrogens with two attached hydrogens (primary N) is 1. The van der Waals surface area contributed by atoms with Crippen LogP contribution in [0.4, 0.5) is 4.79 Å². The summed E-state index contributed by atoms with van der Waals surface area (Å²) in [5.74, 6) is -1.51. The normalized spacial score (nSPS) is 15.0. The van der Waals surface area contributed by atoms with Gasteiger partial charge in [0.25, 0.3) is 11.8 Å². The molecule has 1 aromatic rings. The minimum Gasteiger partial charge on any atom is -0.327 e. The number of amides is 4. The molecule has 0 spiro atoms. The van der Waals surface area contributed by atoms with E-state index in [2.05, 4.69) is 10.2 Å². The van der Waals surface area contributed by atoms with Crippen LogP contribution < -0.4 is 11.1 Å². The molecule has 0 saturated carbocycles. The number of carbonyl (C=O) groups excluding carboxylic acids is 4. The van der Waals surface area contributed by atoms with Crippen LogP contribution in [0.1, 0.15) is 18.4 Å². The van der Waals surface area contributed by atoms with E-state index in [4.69, 9.17) is 5.73 Å². The molecule has 1 aromatic carbocycles. The summed E-state index contributed by atoms with van der Waals surface area (Å²) in [6.07, 6.45) is -0.608. The second-order valence-electron chi connectivity index (χ2n) is 5.63. The molecular weight excluding hydrogens is 328 g/mol. The van der Waals surface area contributed by atoms with Crippen molar-refractivity contribution in [3.63, 3.8) is 0 Å². The lowest BCUT2D eigenvalue weighted by Crippen LogP contribution is -2.48. The predicted octanol–water partition coefficient (Wildman–Crippen LogP) is -0.237. The number of nitrogens with one attached hydrogen (secondary N) is 1. The van der Waals surface area contributed by atoms with Gasteiger partial charge in [-0.3, -0.25) is 14.4 Å². The highest BCUT2D eigenvalue weighted by Crippen LogP contribution is 2.11. The second-order valence-corrected chi connectivity index (χ2v) is 5.63. The summed E-state index contributed by atoms with van der Waals surface area (Å²) in [4.78, 5) is 52.4. The molecule has 0 bridgehead atoms. The van der Waals surface area contributed by atoms with Crippen LogP contribution in [-0.4, -0.2) is 53.5 Å². The first-order chi connectivity index (χ1) is 11.9. The third-order valence-electron chi connectivity index (χ3n) is 3.63. The molecule has 1 unspecified atom stereocenters. The number of hydroxylamine groups is 2. The molecule has 9 heteroatoms. The van der Waals surface area contributed by atoms with Gasteiger partial charge < -0.3 is 20.8 Å². The van der Waals surface area contributed by atoms with Crippen molar-refractivity contribution in [1.82, 2.24) is 15.3 Å². The molecule has 1 fully saturated rings. The summed E-state index contributed by atoms with van der Waals surface area (Å²) in [7, 11) is 1.47. The number of nitrogens with zero attached hydrogens (tertiary/aromatic N) is 2. The summed E-state index contributed by atoms with van der Waals surface area (Å²) >= 11 is 0. The molecule has 1 atom stereocenters. The fourth-order valence-electron chi connectivity index (χ4n) is 2.27. The molecule has 1 saturated heterocycles. The predicted molar refractivity (Wildman–Crippen MR) is 86.5 cm³/mol. The molecule has 0 radical (unpaired) electrons. The molecule has 3 N–H and O–H groups in total. The van der Waals surface area contributed by atoms with Gasteiger partial charge in [0.2, 0.25) is 5.91 Å². The van der Waals surface area contributed by atoms with Gasteiger partial charge in [-0.25, -0.2) is 4.79 Å². The maximum absolute atomic E-state index is 12.2. The van der Waals surface area contributed by atoms with Crippen molar-refractivity contribution >= 4 is 23.8 Å². The minimum absolute atomic E-state index is 0.0127. The van der Waals surface area contributed by atoms with Crippen molar-refractivity contribution in [3.05, 3.63) is 35.9 Å². The Labute approximate surface area is 144 Å². The number of benzene rings is 1. The molecule has 4 amide bonds. The summed E-state index contributed by atoms with van der Waals surface area (Å²) < 4.78 is 0. The van der Waals surface area contributed by atoms with Crippen LogP contribution in [0.5, 0.6) is 0 Å². The maximum Gasteiger partial charge on any atom is 0.433 e. The van der Waals surface area contributed by atoms with E-state index in [-0.39, 0.29) is 25.4 Å². The average Bonchev–Trinajstić information content (AvgIpc) is 2.91. The van der Waals surface area contributed by atoms with Gasteiger partial charge in [0.05, 0.1) is 12.7 Å². The van der Waals surface area contributed by atoms with E-state index in [9.17, 15) is 19.2 Å². The fourth-order valence-corrected chi connectivity index (χ4v) is 2.27. The average molecular weight is 348 g/mol. The number of hydrogen-bond donors (Lipinski definition) is 2.